The zero-order valence-corrected chi connectivity index (χ0v) is 11.7. The van der Waals surface area contributed by atoms with E-state index in [0.717, 1.165) is 19.5 Å². The van der Waals surface area contributed by atoms with Crippen molar-refractivity contribution in [2.75, 3.05) is 13.1 Å². The van der Waals surface area contributed by atoms with Crippen LogP contribution in [0.5, 0.6) is 0 Å². The summed E-state index contributed by atoms with van der Waals surface area (Å²) in [6.07, 6.45) is 0.777. The highest BCUT2D eigenvalue weighted by atomic mass is 16.2. The topological polar surface area (TPSA) is 53.2 Å². The van der Waals surface area contributed by atoms with Gasteiger partial charge in [0.25, 0.3) is 0 Å². The Hall–Kier alpha value is -1.39. The van der Waals surface area contributed by atoms with E-state index in [-0.39, 0.29) is 11.9 Å². The molecule has 1 aliphatic heterocycles. The number of nitrogens with one attached hydrogen (secondary N) is 3. The van der Waals surface area contributed by atoms with Crippen molar-refractivity contribution in [3.05, 3.63) is 35.4 Å². The van der Waals surface area contributed by atoms with E-state index in [9.17, 15) is 4.79 Å². The number of carbonyl (C=O) groups excluding carboxylic acids is 1. The van der Waals surface area contributed by atoms with Gasteiger partial charge < -0.3 is 16.0 Å². The van der Waals surface area contributed by atoms with E-state index in [4.69, 9.17) is 0 Å². The lowest BCUT2D eigenvalue weighted by Gasteiger charge is -2.25. The van der Waals surface area contributed by atoms with Gasteiger partial charge >= 0.3 is 0 Å². The molecule has 1 unspecified atom stereocenters. The highest BCUT2D eigenvalue weighted by molar-refractivity contribution is 5.82. The Kier molecular flexibility index (Phi) is 4.93. The van der Waals surface area contributed by atoms with Gasteiger partial charge in [-0.2, -0.15) is 0 Å². The molecule has 4 nitrogen and oxygen atoms in total. The Labute approximate surface area is 115 Å². The van der Waals surface area contributed by atoms with Gasteiger partial charge in [0.15, 0.2) is 0 Å². The number of fused-ring (bicyclic) bond motifs is 1. The zero-order chi connectivity index (χ0) is 13.7. The van der Waals surface area contributed by atoms with Crippen LogP contribution in [0, 0.1) is 0 Å². The molecule has 1 aromatic carbocycles. The molecule has 1 amide bonds. The van der Waals surface area contributed by atoms with Crippen LogP contribution in [0.3, 0.4) is 0 Å². The van der Waals surface area contributed by atoms with Gasteiger partial charge in [-0.05, 0) is 17.5 Å². The average Bonchev–Trinajstić information content (AvgIpc) is 2.42. The Balaban J connectivity index is 1.79. The fraction of sp³-hybridized carbons (Fsp3) is 0.533. The van der Waals surface area contributed by atoms with Crippen molar-refractivity contribution in [2.45, 2.75) is 38.9 Å². The van der Waals surface area contributed by atoms with Gasteiger partial charge in [0.1, 0.15) is 0 Å². The molecule has 0 aliphatic carbocycles. The van der Waals surface area contributed by atoms with Crippen LogP contribution in [-0.4, -0.2) is 31.1 Å². The van der Waals surface area contributed by atoms with E-state index in [1.165, 1.54) is 11.1 Å². The van der Waals surface area contributed by atoms with E-state index in [2.05, 4.69) is 41.9 Å². The van der Waals surface area contributed by atoms with Crippen molar-refractivity contribution < 1.29 is 4.79 Å². The average molecular weight is 261 g/mol. The fourth-order valence-corrected chi connectivity index (χ4v) is 2.31. The first kappa shape index (κ1) is 14.0. The number of amides is 1. The summed E-state index contributed by atoms with van der Waals surface area (Å²) in [6, 6.07) is 8.65. The van der Waals surface area contributed by atoms with Crippen molar-refractivity contribution in [3.63, 3.8) is 0 Å². The summed E-state index contributed by atoms with van der Waals surface area (Å²) in [4.78, 5) is 12.1. The standard InChI is InChI=1S/C15H23N3O/c1-11(2)16-7-8-17-15(19)14-9-12-5-3-4-6-13(12)10-18-14/h3-6,11,14,16,18H,7-10H2,1-2H3,(H,17,19). The van der Waals surface area contributed by atoms with Gasteiger partial charge in [-0.3, -0.25) is 4.79 Å². The molecular formula is C15H23N3O. The largest absolute Gasteiger partial charge is 0.353 e. The molecule has 0 aromatic heterocycles. The molecule has 4 heteroatoms. The Morgan fingerprint density at radius 1 is 1.32 bits per heavy atom. The second-order valence-corrected chi connectivity index (χ2v) is 5.31. The number of benzene rings is 1. The lowest BCUT2D eigenvalue weighted by Crippen LogP contribution is -2.49. The molecule has 0 saturated heterocycles. The van der Waals surface area contributed by atoms with Crippen LogP contribution in [0.1, 0.15) is 25.0 Å². The van der Waals surface area contributed by atoms with Gasteiger partial charge in [0.2, 0.25) is 5.91 Å². The van der Waals surface area contributed by atoms with Gasteiger partial charge in [0.05, 0.1) is 6.04 Å². The summed E-state index contributed by atoms with van der Waals surface area (Å²) in [5.74, 6) is 0.0973. The van der Waals surface area contributed by atoms with Crippen LogP contribution < -0.4 is 16.0 Å². The molecule has 1 atom stereocenters. The maximum absolute atomic E-state index is 12.1. The van der Waals surface area contributed by atoms with E-state index < -0.39 is 0 Å². The zero-order valence-electron chi connectivity index (χ0n) is 11.7. The Morgan fingerprint density at radius 3 is 2.79 bits per heavy atom. The summed E-state index contributed by atoms with van der Waals surface area (Å²) in [7, 11) is 0. The molecule has 1 aliphatic rings. The maximum atomic E-state index is 12.1. The first-order chi connectivity index (χ1) is 9.16. The Bertz CT molecular complexity index is 431. The molecular weight excluding hydrogens is 238 g/mol. The molecule has 0 bridgehead atoms. The first-order valence-electron chi connectivity index (χ1n) is 6.98. The third-order valence-electron chi connectivity index (χ3n) is 3.37. The molecule has 104 valence electrons. The first-order valence-corrected chi connectivity index (χ1v) is 6.98. The van der Waals surface area contributed by atoms with Gasteiger partial charge in [-0.15, -0.1) is 0 Å². The van der Waals surface area contributed by atoms with Crippen LogP contribution in [0.15, 0.2) is 24.3 Å². The van der Waals surface area contributed by atoms with Gasteiger partial charge in [-0.25, -0.2) is 0 Å². The van der Waals surface area contributed by atoms with E-state index in [1.807, 2.05) is 12.1 Å². The molecule has 2 rings (SSSR count). The number of rotatable bonds is 5. The lowest BCUT2D eigenvalue weighted by atomic mass is 9.95. The minimum Gasteiger partial charge on any atom is -0.353 e. The molecule has 3 N–H and O–H groups in total. The molecule has 1 aromatic rings. The van der Waals surface area contributed by atoms with Crippen LogP contribution in [0.2, 0.25) is 0 Å². The van der Waals surface area contributed by atoms with Crippen molar-refractivity contribution >= 4 is 5.91 Å². The highest BCUT2D eigenvalue weighted by Gasteiger charge is 2.23. The fourth-order valence-electron chi connectivity index (χ4n) is 2.31. The SMILES string of the molecule is CC(C)NCCNC(=O)C1Cc2ccccc2CN1. The van der Waals surface area contributed by atoms with Crippen LogP contribution >= 0.6 is 0 Å². The van der Waals surface area contributed by atoms with Crippen LogP contribution in [0.25, 0.3) is 0 Å². The van der Waals surface area contributed by atoms with Crippen LogP contribution in [-0.2, 0) is 17.8 Å². The third-order valence-corrected chi connectivity index (χ3v) is 3.37. The van der Waals surface area contributed by atoms with Crippen LogP contribution in [0.4, 0.5) is 0 Å². The molecule has 0 fully saturated rings. The normalized spacial score (nSPS) is 18.2. The van der Waals surface area contributed by atoms with Crippen molar-refractivity contribution in [3.8, 4) is 0 Å². The predicted octanol–water partition coefficient (Wildman–Crippen LogP) is 0.815. The minimum absolute atomic E-state index is 0.0973. The summed E-state index contributed by atoms with van der Waals surface area (Å²) in [6.45, 7) is 6.46. The third kappa shape index (κ3) is 4.04. The van der Waals surface area contributed by atoms with E-state index >= 15 is 0 Å². The van der Waals surface area contributed by atoms with Crippen molar-refractivity contribution in [1.82, 2.24) is 16.0 Å². The summed E-state index contributed by atoms with van der Waals surface area (Å²) < 4.78 is 0. The van der Waals surface area contributed by atoms with E-state index in [1.54, 1.807) is 0 Å². The minimum atomic E-state index is -0.103. The number of carbonyl (C=O) groups is 1. The summed E-state index contributed by atoms with van der Waals surface area (Å²) in [5, 5.41) is 9.55. The van der Waals surface area contributed by atoms with Gasteiger partial charge in [0, 0.05) is 25.7 Å². The highest BCUT2D eigenvalue weighted by Crippen LogP contribution is 2.16. The second kappa shape index (κ2) is 6.68. The quantitative estimate of drug-likeness (QED) is 0.688. The van der Waals surface area contributed by atoms with Crippen molar-refractivity contribution in [2.24, 2.45) is 0 Å². The van der Waals surface area contributed by atoms with Crippen molar-refractivity contribution in [1.29, 1.82) is 0 Å². The number of hydrogen-bond acceptors (Lipinski definition) is 3. The molecule has 0 spiro atoms. The maximum Gasteiger partial charge on any atom is 0.237 e. The Morgan fingerprint density at radius 2 is 2.05 bits per heavy atom. The summed E-state index contributed by atoms with van der Waals surface area (Å²) in [5.41, 5.74) is 2.58. The molecule has 0 radical (unpaired) electrons. The smallest absolute Gasteiger partial charge is 0.237 e. The summed E-state index contributed by atoms with van der Waals surface area (Å²) >= 11 is 0. The number of hydrogen-bond donors (Lipinski definition) is 3. The monoisotopic (exact) mass is 261 g/mol. The predicted molar refractivity (Wildman–Crippen MR) is 76.9 cm³/mol. The lowest BCUT2D eigenvalue weighted by molar-refractivity contribution is -0.123. The second-order valence-electron chi connectivity index (χ2n) is 5.31. The molecule has 19 heavy (non-hydrogen) atoms. The molecule has 0 saturated carbocycles. The molecule has 1 heterocycles. The van der Waals surface area contributed by atoms with Gasteiger partial charge in [-0.1, -0.05) is 38.1 Å². The van der Waals surface area contributed by atoms with E-state index in [0.29, 0.717) is 12.6 Å².